The first kappa shape index (κ1) is 13.4. The van der Waals surface area contributed by atoms with Crippen molar-refractivity contribution in [1.82, 2.24) is 4.98 Å². The molecule has 21 heavy (non-hydrogen) atoms. The molecule has 2 aromatic carbocycles. The van der Waals surface area contributed by atoms with E-state index in [1.807, 2.05) is 0 Å². The Morgan fingerprint density at radius 3 is 2.48 bits per heavy atom. The molecule has 3 aromatic rings. The molecule has 0 atom stereocenters. The van der Waals surface area contributed by atoms with Gasteiger partial charge in [0.25, 0.3) is 0 Å². The first-order chi connectivity index (χ1) is 9.86. The number of fused-ring (bicyclic) bond motifs is 2. The SMILES string of the molecule is O=C(O)c1ccc2nc3c(C(F)(F)F)cccc3cc2c1. The number of benzene rings is 2. The van der Waals surface area contributed by atoms with Gasteiger partial charge >= 0.3 is 12.1 Å². The lowest BCUT2D eigenvalue weighted by Gasteiger charge is -2.10. The van der Waals surface area contributed by atoms with E-state index in [1.54, 1.807) is 0 Å². The van der Waals surface area contributed by atoms with Crippen molar-refractivity contribution in [3.05, 3.63) is 53.6 Å². The van der Waals surface area contributed by atoms with Gasteiger partial charge in [-0.2, -0.15) is 13.2 Å². The average Bonchev–Trinajstić information content (AvgIpc) is 2.42. The average molecular weight is 291 g/mol. The summed E-state index contributed by atoms with van der Waals surface area (Å²) in [6.07, 6.45) is -4.48. The van der Waals surface area contributed by atoms with Crippen LogP contribution in [0, 0.1) is 0 Å². The van der Waals surface area contributed by atoms with Gasteiger partial charge in [-0.1, -0.05) is 12.1 Å². The van der Waals surface area contributed by atoms with Crippen molar-refractivity contribution >= 4 is 27.8 Å². The minimum Gasteiger partial charge on any atom is -0.478 e. The minimum absolute atomic E-state index is 0.0654. The first-order valence-electron chi connectivity index (χ1n) is 6.00. The molecule has 0 saturated carbocycles. The molecular weight excluding hydrogens is 283 g/mol. The molecule has 0 unspecified atom stereocenters. The summed E-state index contributed by atoms with van der Waals surface area (Å²) >= 11 is 0. The van der Waals surface area contributed by atoms with Crippen molar-refractivity contribution < 1.29 is 23.1 Å². The van der Waals surface area contributed by atoms with Crippen LogP contribution < -0.4 is 0 Å². The lowest BCUT2D eigenvalue weighted by molar-refractivity contribution is -0.136. The van der Waals surface area contributed by atoms with E-state index in [0.29, 0.717) is 16.3 Å². The normalized spacial score (nSPS) is 12.0. The van der Waals surface area contributed by atoms with Crippen LogP contribution in [0.15, 0.2) is 42.5 Å². The largest absolute Gasteiger partial charge is 0.478 e. The van der Waals surface area contributed by atoms with E-state index < -0.39 is 17.7 Å². The van der Waals surface area contributed by atoms with E-state index in [-0.39, 0.29) is 11.1 Å². The molecule has 0 fully saturated rings. The Labute approximate surface area is 116 Å². The third-order valence-corrected chi connectivity index (χ3v) is 3.19. The fraction of sp³-hybridized carbons (Fsp3) is 0.0667. The second kappa shape index (κ2) is 4.44. The lowest BCUT2D eigenvalue weighted by Crippen LogP contribution is -2.06. The molecule has 0 radical (unpaired) electrons. The van der Waals surface area contributed by atoms with Crippen molar-refractivity contribution in [3.63, 3.8) is 0 Å². The molecule has 106 valence electrons. The van der Waals surface area contributed by atoms with E-state index in [9.17, 15) is 18.0 Å². The maximum atomic E-state index is 13.0. The number of hydrogen-bond acceptors (Lipinski definition) is 2. The standard InChI is InChI=1S/C15H8F3NO2/c16-15(17,18)11-3-1-2-8-6-10-7-9(14(20)21)4-5-12(10)19-13(8)11/h1-7H,(H,20,21). The second-order valence-corrected chi connectivity index (χ2v) is 4.58. The monoisotopic (exact) mass is 291 g/mol. The number of para-hydroxylation sites is 1. The molecule has 6 heteroatoms. The molecule has 0 spiro atoms. The number of alkyl halides is 3. The molecule has 3 nitrogen and oxygen atoms in total. The number of rotatable bonds is 1. The molecule has 1 heterocycles. The van der Waals surface area contributed by atoms with Gasteiger partial charge in [0.15, 0.2) is 0 Å². The number of aromatic carboxylic acids is 1. The molecular formula is C15H8F3NO2. The highest BCUT2D eigenvalue weighted by Gasteiger charge is 2.33. The van der Waals surface area contributed by atoms with Gasteiger partial charge in [-0.25, -0.2) is 9.78 Å². The minimum atomic E-state index is -4.48. The zero-order valence-corrected chi connectivity index (χ0v) is 10.5. The molecule has 1 aromatic heterocycles. The predicted molar refractivity (Wildman–Crippen MR) is 71.2 cm³/mol. The summed E-state index contributed by atoms with van der Waals surface area (Å²) in [5.41, 5.74) is -0.551. The van der Waals surface area contributed by atoms with Gasteiger partial charge < -0.3 is 5.11 Å². The van der Waals surface area contributed by atoms with Crippen molar-refractivity contribution in [2.45, 2.75) is 6.18 Å². The highest BCUT2D eigenvalue weighted by atomic mass is 19.4. The van der Waals surface area contributed by atoms with Gasteiger partial charge in [-0.05, 0) is 30.3 Å². The quantitative estimate of drug-likeness (QED) is 0.686. The van der Waals surface area contributed by atoms with Crippen LogP contribution in [-0.4, -0.2) is 16.1 Å². The summed E-state index contributed by atoms with van der Waals surface area (Å²) < 4.78 is 38.9. The Hall–Kier alpha value is -2.63. The highest BCUT2D eigenvalue weighted by molar-refractivity contribution is 5.98. The number of carboxylic acids is 1. The maximum absolute atomic E-state index is 13.0. The molecule has 1 N–H and O–H groups in total. The second-order valence-electron chi connectivity index (χ2n) is 4.58. The van der Waals surface area contributed by atoms with E-state index in [2.05, 4.69) is 4.98 Å². The Kier molecular flexibility index (Phi) is 2.83. The van der Waals surface area contributed by atoms with Crippen LogP contribution in [0.3, 0.4) is 0 Å². The topological polar surface area (TPSA) is 50.2 Å². The lowest BCUT2D eigenvalue weighted by atomic mass is 10.1. The number of nitrogens with zero attached hydrogens (tertiary/aromatic N) is 1. The van der Waals surface area contributed by atoms with Crippen LogP contribution in [0.2, 0.25) is 0 Å². The molecule has 0 bridgehead atoms. The van der Waals surface area contributed by atoms with Crippen LogP contribution in [0.4, 0.5) is 13.2 Å². The number of halogens is 3. The summed E-state index contributed by atoms with van der Waals surface area (Å²) in [6, 6.07) is 9.44. The van der Waals surface area contributed by atoms with Crippen molar-refractivity contribution in [3.8, 4) is 0 Å². The van der Waals surface area contributed by atoms with Crippen molar-refractivity contribution in [2.75, 3.05) is 0 Å². The maximum Gasteiger partial charge on any atom is 0.418 e. The zero-order chi connectivity index (χ0) is 15.2. The van der Waals surface area contributed by atoms with Crippen LogP contribution in [0.1, 0.15) is 15.9 Å². The Morgan fingerprint density at radius 2 is 1.81 bits per heavy atom. The third kappa shape index (κ3) is 2.29. The summed E-state index contributed by atoms with van der Waals surface area (Å²) in [7, 11) is 0. The smallest absolute Gasteiger partial charge is 0.418 e. The van der Waals surface area contributed by atoms with Gasteiger partial charge in [0, 0.05) is 10.8 Å². The highest BCUT2D eigenvalue weighted by Crippen LogP contribution is 2.34. The Morgan fingerprint density at radius 1 is 1.05 bits per heavy atom. The van der Waals surface area contributed by atoms with Crippen molar-refractivity contribution in [2.24, 2.45) is 0 Å². The Bertz CT molecular complexity index is 872. The third-order valence-electron chi connectivity index (χ3n) is 3.19. The zero-order valence-electron chi connectivity index (χ0n) is 10.5. The molecule has 0 aliphatic carbocycles. The number of carbonyl (C=O) groups is 1. The van der Waals surface area contributed by atoms with Gasteiger partial charge in [-0.3, -0.25) is 0 Å². The Balaban J connectivity index is 2.35. The molecule has 0 aliphatic heterocycles. The summed E-state index contributed by atoms with van der Waals surface area (Å²) in [5.74, 6) is -1.10. The van der Waals surface area contributed by atoms with Gasteiger partial charge in [0.2, 0.25) is 0 Å². The number of aromatic nitrogens is 1. The van der Waals surface area contributed by atoms with Gasteiger partial charge in [0.05, 0.1) is 22.2 Å². The molecule has 3 rings (SSSR count). The van der Waals surface area contributed by atoms with E-state index in [1.165, 1.54) is 36.4 Å². The van der Waals surface area contributed by atoms with Crippen LogP contribution in [0.5, 0.6) is 0 Å². The van der Waals surface area contributed by atoms with Gasteiger partial charge in [0.1, 0.15) is 0 Å². The number of pyridine rings is 1. The summed E-state index contributed by atoms with van der Waals surface area (Å²) in [5, 5.41) is 9.75. The molecule has 0 aliphatic rings. The van der Waals surface area contributed by atoms with Gasteiger partial charge in [-0.15, -0.1) is 0 Å². The number of hydrogen-bond donors (Lipinski definition) is 1. The molecule has 0 amide bonds. The number of carboxylic acid groups (broad SMARTS) is 1. The molecule has 0 saturated heterocycles. The fourth-order valence-electron chi connectivity index (χ4n) is 2.22. The van der Waals surface area contributed by atoms with Crippen LogP contribution >= 0.6 is 0 Å². The van der Waals surface area contributed by atoms with E-state index in [0.717, 1.165) is 6.07 Å². The predicted octanol–water partition coefficient (Wildman–Crippen LogP) is 4.11. The van der Waals surface area contributed by atoms with Crippen LogP contribution in [-0.2, 0) is 6.18 Å². The fourth-order valence-corrected chi connectivity index (χ4v) is 2.22. The first-order valence-corrected chi connectivity index (χ1v) is 6.00. The van der Waals surface area contributed by atoms with E-state index >= 15 is 0 Å². The van der Waals surface area contributed by atoms with Crippen LogP contribution in [0.25, 0.3) is 21.8 Å². The van der Waals surface area contributed by atoms with Crippen molar-refractivity contribution in [1.29, 1.82) is 0 Å². The van der Waals surface area contributed by atoms with E-state index in [4.69, 9.17) is 5.11 Å². The summed E-state index contributed by atoms with van der Waals surface area (Å²) in [4.78, 5) is 15.0. The summed E-state index contributed by atoms with van der Waals surface area (Å²) in [6.45, 7) is 0.